The molecule has 1 aromatic carbocycles. The maximum absolute atomic E-state index is 9.33. The molecule has 0 aliphatic carbocycles. The molecule has 106 valence electrons. The Bertz CT molecular complexity index is 523. The number of hydrogen-bond donors (Lipinski definition) is 1. The predicted octanol–water partition coefficient (Wildman–Crippen LogP) is 1.73. The van der Waals surface area contributed by atoms with Gasteiger partial charge in [-0.3, -0.25) is 4.90 Å². The van der Waals surface area contributed by atoms with Gasteiger partial charge in [0.25, 0.3) is 0 Å². The number of aliphatic hydroxyl groups is 1. The van der Waals surface area contributed by atoms with Crippen molar-refractivity contribution in [1.29, 1.82) is 5.26 Å². The molecule has 1 atom stereocenters. The van der Waals surface area contributed by atoms with Crippen molar-refractivity contribution in [3.63, 3.8) is 0 Å². The Labute approximate surface area is 120 Å². The summed E-state index contributed by atoms with van der Waals surface area (Å²) in [6.07, 6.45) is 3.92. The van der Waals surface area contributed by atoms with Gasteiger partial charge in [0.15, 0.2) is 0 Å². The fourth-order valence-electron chi connectivity index (χ4n) is 3.42. The average molecular weight is 271 g/mol. The fraction of sp³-hybridized carbons (Fsp3) is 0.562. The van der Waals surface area contributed by atoms with Crippen LogP contribution in [0.25, 0.3) is 0 Å². The zero-order valence-corrected chi connectivity index (χ0v) is 11.8. The number of piperidine rings is 1. The van der Waals surface area contributed by atoms with E-state index in [-0.39, 0.29) is 6.61 Å². The maximum Gasteiger partial charge on any atom is 0.101 e. The Kier molecular flexibility index (Phi) is 3.90. The van der Waals surface area contributed by atoms with Crippen molar-refractivity contribution in [2.45, 2.75) is 31.9 Å². The third-order valence-corrected chi connectivity index (χ3v) is 4.54. The second-order valence-electron chi connectivity index (χ2n) is 5.75. The molecule has 0 radical (unpaired) electrons. The first-order valence-electron chi connectivity index (χ1n) is 7.44. The van der Waals surface area contributed by atoms with Crippen molar-refractivity contribution >= 4 is 5.69 Å². The van der Waals surface area contributed by atoms with Gasteiger partial charge in [0.05, 0.1) is 17.9 Å². The molecule has 2 heterocycles. The van der Waals surface area contributed by atoms with Gasteiger partial charge in [-0.1, -0.05) is 12.5 Å². The minimum atomic E-state index is -0.00857. The number of fused-ring (bicyclic) bond motifs is 1. The highest BCUT2D eigenvalue weighted by Crippen LogP contribution is 2.27. The third-order valence-electron chi connectivity index (χ3n) is 4.54. The van der Waals surface area contributed by atoms with Gasteiger partial charge < -0.3 is 10.0 Å². The number of nitriles is 1. The number of nitrogens with zero attached hydrogens (tertiary/aromatic N) is 3. The molecule has 0 amide bonds. The molecule has 20 heavy (non-hydrogen) atoms. The van der Waals surface area contributed by atoms with Gasteiger partial charge in [-0.2, -0.15) is 5.26 Å². The molecule has 2 aliphatic rings. The SMILES string of the molecule is N#Cc1cc(CO)ccc1N1CCN2CCCCC2C1. The van der Waals surface area contributed by atoms with Crippen LogP contribution in [0.4, 0.5) is 5.69 Å². The summed E-state index contributed by atoms with van der Waals surface area (Å²) in [5.41, 5.74) is 2.51. The lowest BCUT2D eigenvalue weighted by molar-refractivity contribution is 0.133. The van der Waals surface area contributed by atoms with Gasteiger partial charge in [0, 0.05) is 25.7 Å². The third kappa shape index (κ3) is 2.52. The van der Waals surface area contributed by atoms with E-state index in [4.69, 9.17) is 0 Å². The van der Waals surface area contributed by atoms with Crippen molar-refractivity contribution in [1.82, 2.24) is 4.90 Å². The Hall–Kier alpha value is -1.57. The Morgan fingerprint density at radius 1 is 1.25 bits per heavy atom. The first kappa shape index (κ1) is 13.4. The lowest BCUT2D eigenvalue weighted by atomic mass is 9.98. The Balaban J connectivity index is 1.81. The van der Waals surface area contributed by atoms with E-state index in [1.165, 1.54) is 25.8 Å². The number of piperazine rings is 1. The van der Waals surface area contributed by atoms with Crippen molar-refractivity contribution in [2.75, 3.05) is 31.1 Å². The summed E-state index contributed by atoms with van der Waals surface area (Å²) in [6.45, 7) is 4.33. The molecule has 1 aromatic rings. The standard InChI is InChI=1S/C16H21N3O/c17-10-14-9-13(12-20)4-5-16(14)19-8-7-18-6-2-1-3-15(18)11-19/h4-5,9,15,20H,1-3,6-8,11-12H2. The van der Waals surface area contributed by atoms with Crippen LogP contribution in [0.5, 0.6) is 0 Å². The van der Waals surface area contributed by atoms with Crippen molar-refractivity contribution < 1.29 is 5.11 Å². The minimum Gasteiger partial charge on any atom is -0.392 e. The molecule has 1 N–H and O–H groups in total. The van der Waals surface area contributed by atoms with Gasteiger partial charge in [0.2, 0.25) is 0 Å². The van der Waals surface area contributed by atoms with Crippen LogP contribution < -0.4 is 4.90 Å². The van der Waals surface area contributed by atoms with E-state index in [0.717, 1.165) is 30.9 Å². The van der Waals surface area contributed by atoms with Gasteiger partial charge in [-0.05, 0) is 37.1 Å². The second-order valence-corrected chi connectivity index (χ2v) is 5.75. The first-order chi connectivity index (χ1) is 9.81. The predicted molar refractivity (Wildman–Crippen MR) is 78.5 cm³/mol. The zero-order valence-electron chi connectivity index (χ0n) is 11.8. The average Bonchev–Trinajstić information content (AvgIpc) is 2.53. The van der Waals surface area contributed by atoms with E-state index in [0.29, 0.717) is 11.6 Å². The summed E-state index contributed by atoms with van der Waals surface area (Å²) in [7, 11) is 0. The summed E-state index contributed by atoms with van der Waals surface area (Å²) in [6, 6.07) is 8.63. The van der Waals surface area contributed by atoms with E-state index in [2.05, 4.69) is 15.9 Å². The summed E-state index contributed by atoms with van der Waals surface area (Å²) >= 11 is 0. The smallest absolute Gasteiger partial charge is 0.101 e. The molecule has 0 spiro atoms. The van der Waals surface area contributed by atoms with Gasteiger partial charge >= 0.3 is 0 Å². The number of hydrogen-bond acceptors (Lipinski definition) is 4. The first-order valence-corrected chi connectivity index (χ1v) is 7.44. The largest absolute Gasteiger partial charge is 0.392 e. The van der Waals surface area contributed by atoms with Crippen molar-refractivity contribution in [3.05, 3.63) is 29.3 Å². The molecule has 0 aromatic heterocycles. The van der Waals surface area contributed by atoms with Gasteiger partial charge in [-0.15, -0.1) is 0 Å². The minimum absolute atomic E-state index is 0.00857. The van der Waals surface area contributed by atoms with E-state index in [1.807, 2.05) is 18.2 Å². The molecule has 0 bridgehead atoms. The summed E-state index contributed by atoms with van der Waals surface area (Å²) in [5, 5.41) is 18.5. The molecule has 4 heteroatoms. The molecular weight excluding hydrogens is 250 g/mol. The molecular formula is C16H21N3O. The quantitative estimate of drug-likeness (QED) is 0.890. The highest BCUT2D eigenvalue weighted by Gasteiger charge is 2.29. The maximum atomic E-state index is 9.33. The van der Waals surface area contributed by atoms with E-state index in [9.17, 15) is 10.4 Å². The molecule has 2 aliphatic heterocycles. The molecule has 0 saturated carbocycles. The molecule has 4 nitrogen and oxygen atoms in total. The summed E-state index contributed by atoms with van der Waals surface area (Å²) in [5.74, 6) is 0. The molecule has 3 rings (SSSR count). The van der Waals surface area contributed by atoms with Gasteiger partial charge in [-0.25, -0.2) is 0 Å². The molecule has 2 saturated heterocycles. The number of anilines is 1. The fourth-order valence-corrected chi connectivity index (χ4v) is 3.42. The monoisotopic (exact) mass is 271 g/mol. The van der Waals surface area contributed by atoms with Crippen LogP contribution in [-0.4, -0.2) is 42.2 Å². The number of aliphatic hydroxyl groups excluding tert-OH is 1. The van der Waals surface area contributed by atoms with E-state index < -0.39 is 0 Å². The number of rotatable bonds is 2. The highest BCUT2D eigenvalue weighted by molar-refractivity contribution is 5.60. The van der Waals surface area contributed by atoms with Crippen LogP contribution in [-0.2, 0) is 6.61 Å². The van der Waals surface area contributed by atoms with Crippen LogP contribution in [0.2, 0.25) is 0 Å². The summed E-state index contributed by atoms with van der Waals surface area (Å²) in [4.78, 5) is 4.93. The topological polar surface area (TPSA) is 50.5 Å². The van der Waals surface area contributed by atoms with Gasteiger partial charge in [0.1, 0.15) is 6.07 Å². The van der Waals surface area contributed by atoms with Crippen LogP contribution in [0.1, 0.15) is 30.4 Å². The lowest BCUT2D eigenvalue weighted by Gasteiger charge is -2.45. The van der Waals surface area contributed by atoms with Crippen molar-refractivity contribution in [2.24, 2.45) is 0 Å². The van der Waals surface area contributed by atoms with Crippen LogP contribution >= 0.6 is 0 Å². The molecule has 2 fully saturated rings. The summed E-state index contributed by atoms with van der Waals surface area (Å²) < 4.78 is 0. The molecule has 1 unspecified atom stereocenters. The van der Waals surface area contributed by atoms with E-state index in [1.54, 1.807) is 0 Å². The van der Waals surface area contributed by atoms with Crippen LogP contribution in [0, 0.1) is 11.3 Å². The lowest BCUT2D eigenvalue weighted by Crippen LogP contribution is -2.55. The Morgan fingerprint density at radius 3 is 2.95 bits per heavy atom. The second kappa shape index (κ2) is 5.82. The van der Waals surface area contributed by atoms with E-state index >= 15 is 0 Å². The van der Waals surface area contributed by atoms with Crippen LogP contribution in [0.3, 0.4) is 0 Å². The zero-order chi connectivity index (χ0) is 13.9. The Morgan fingerprint density at radius 2 is 2.15 bits per heavy atom. The number of benzene rings is 1. The highest BCUT2D eigenvalue weighted by atomic mass is 16.3. The van der Waals surface area contributed by atoms with Crippen LogP contribution in [0.15, 0.2) is 18.2 Å². The normalized spacial score (nSPS) is 23.2. The van der Waals surface area contributed by atoms with Crippen molar-refractivity contribution in [3.8, 4) is 6.07 Å².